The third-order valence-corrected chi connectivity index (χ3v) is 4.34. The number of likely N-dealkylation sites (tertiary alicyclic amines) is 1. The van der Waals surface area contributed by atoms with Crippen LogP contribution in [0, 0.1) is 0 Å². The van der Waals surface area contributed by atoms with Crippen LogP contribution in [-0.4, -0.2) is 60.6 Å². The van der Waals surface area contributed by atoms with Crippen molar-refractivity contribution in [1.29, 1.82) is 0 Å². The van der Waals surface area contributed by atoms with Gasteiger partial charge in [0.2, 0.25) is 15.9 Å². The largest absolute Gasteiger partial charge is 0.480 e. The summed E-state index contributed by atoms with van der Waals surface area (Å²) in [5.41, 5.74) is 10.9. The lowest BCUT2D eigenvalue weighted by Gasteiger charge is -2.15. The normalized spacial score (nSPS) is 21.6. The minimum atomic E-state index is -3.80. The molecule has 2 atom stereocenters. The van der Waals surface area contributed by atoms with Crippen LogP contribution >= 0.6 is 0 Å². The molecule has 0 aromatic rings. The summed E-state index contributed by atoms with van der Waals surface area (Å²) < 4.78 is 22.4. The quantitative estimate of drug-likeness (QED) is 0.234. The Morgan fingerprint density at radius 1 is 1.52 bits per heavy atom. The first-order chi connectivity index (χ1) is 9.62. The first-order valence-electron chi connectivity index (χ1n) is 6.23. The summed E-state index contributed by atoms with van der Waals surface area (Å²) in [6.45, 7) is 0.0677. The third kappa shape index (κ3) is 4.95. The molecule has 1 fully saturated rings. The number of guanidine groups is 1. The maximum atomic E-state index is 11.7. The van der Waals surface area contributed by atoms with Crippen molar-refractivity contribution < 1.29 is 23.1 Å². The van der Waals surface area contributed by atoms with Crippen molar-refractivity contribution in [3.63, 3.8) is 0 Å². The van der Waals surface area contributed by atoms with Crippen molar-refractivity contribution in [2.24, 2.45) is 21.6 Å². The van der Waals surface area contributed by atoms with Crippen molar-refractivity contribution in [3.8, 4) is 0 Å². The number of carbonyl (C=O) groups is 2. The lowest BCUT2D eigenvalue weighted by atomic mass is 10.2. The molecular weight excluding hydrogens is 302 g/mol. The molecule has 0 spiro atoms. The number of nitrogens with two attached hydrogens (primary N) is 3. The Kier molecular flexibility index (Phi) is 5.63. The molecule has 1 saturated heterocycles. The topological polar surface area (TPSA) is 182 Å². The summed E-state index contributed by atoms with van der Waals surface area (Å²) >= 11 is 0. The second kappa shape index (κ2) is 6.83. The zero-order valence-electron chi connectivity index (χ0n) is 11.3. The van der Waals surface area contributed by atoms with Gasteiger partial charge in [-0.2, -0.15) is 0 Å². The Balaban J connectivity index is 2.52. The number of sulfonamides is 1. The molecule has 1 aliphatic rings. The average Bonchev–Trinajstić information content (AvgIpc) is 2.76. The van der Waals surface area contributed by atoms with Gasteiger partial charge in [0.1, 0.15) is 11.3 Å². The number of primary sulfonamides is 1. The van der Waals surface area contributed by atoms with Gasteiger partial charge in [-0.15, -0.1) is 0 Å². The summed E-state index contributed by atoms with van der Waals surface area (Å²) in [5, 5.41) is 12.6. The van der Waals surface area contributed by atoms with E-state index in [0.29, 0.717) is 6.42 Å². The van der Waals surface area contributed by atoms with Crippen LogP contribution in [-0.2, 0) is 19.6 Å². The predicted molar refractivity (Wildman–Crippen MR) is 74.6 cm³/mol. The van der Waals surface area contributed by atoms with E-state index in [1.165, 1.54) is 0 Å². The molecule has 1 rings (SSSR count). The second-order valence-electron chi connectivity index (χ2n) is 4.75. The average molecular weight is 321 g/mol. The van der Waals surface area contributed by atoms with Crippen LogP contribution in [0.25, 0.3) is 0 Å². The summed E-state index contributed by atoms with van der Waals surface area (Å²) in [5.74, 6) is -1.66. The fourth-order valence-corrected chi connectivity index (χ4v) is 2.56. The van der Waals surface area contributed by atoms with Gasteiger partial charge in [0.15, 0.2) is 5.96 Å². The van der Waals surface area contributed by atoms with Gasteiger partial charge in [0.25, 0.3) is 0 Å². The number of hydrogen-bond acceptors (Lipinski definition) is 6. The minimum absolute atomic E-state index is 0.102. The maximum absolute atomic E-state index is 11.7. The van der Waals surface area contributed by atoms with Gasteiger partial charge >= 0.3 is 5.97 Å². The van der Waals surface area contributed by atoms with Crippen LogP contribution in [0.2, 0.25) is 0 Å². The van der Waals surface area contributed by atoms with Crippen LogP contribution in [0.1, 0.15) is 19.3 Å². The molecule has 21 heavy (non-hydrogen) atoms. The van der Waals surface area contributed by atoms with Gasteiger partial charge in [-0.1, -0.05) is 0 Å². The van der Waals surface area contributed by atoms with Crippen molar-refractivity contribution in [2.45, 2.75) is 30.6 Å². The molecule has 1 amide bonds. The van der Waals surface area contributed by atoms with E-state index in [1.807, 2.05) is 0 Å². The van der Waals surface area contributed by atoms with Crippen molar-refractivity contribution >= 4 is 27.9 Å². The lowest BCUT2D eigenvalue weighted by Crippen LogP contribution is -2.40. The van der Waals surface area contributed by atoms with Crippen LogP contribution < -0.4 is 16.6 Å². The third-order valence-electron chi connectivity index (χ3n) is 3.09. The summed E-state index contributed by atoms with van der Waals surface area (Å²) in [7, 11) is -3.80. The molecule has 0 aromatic heterocycles. The predicted octanol–water partition coefficient (Wildman–Crippen LogP) is -2.62. The van der Waals surface area contributed by atoms with E-state index >= 15 is 0 Å². The van der Waals surface area contributed by atoms with E-state index in [2.05, 4.69) is 4.99 Å². The molecule has 11 heteroatoms. The summed E-state index contributed by atoms with van der Waals surface area (Å²) in [4.78, 5) is 27.1. The van der Waals surface area contributed by atoms with Crippen molar-refractivity contribution in [2.75, 3.05) is 13.1 Å². The Morgan fingerprint density at radius 2 is 2.14 bits per heavy atom. The molecule has 0 bridgehead atoms. The number of rotatable bonds is 6. The smallest absolute Gasteiger partial charge is 0.320 e. The highest BCUT2D eigenvalue weighted by Crippen LogP contribution is 2.16. The second-order valence-corrected chi connectivity index (χ2v) is 6.59. The van der Waals surface area contributed by atoms with Gasteiger partial charge in [-0.25, -0.2) is 13.6 Å². The van der Waals surface area contributed by atoms with E-state index in [9.17, 15) is 18.0 Å². The number of amides is 1. The molecule has 10 nitrogen and oxygen atoms in total. The Bertz CT molecular complexity index is 546. The molecule has 0 aliphatic carbocycles. The number of carboxylic acids is 1. The number of carboxylic acid groups (broad SMARTS) is 1. The fourth-order valence-electron chi connectivity index (χ4n) is 1.83. The van der Waals surface area contributed by atoms with Gasteiger partial charge in [0, 0.05) is 19.5 Å². The van der Waals surface area contributed by atoms with Crippen LogP contribution in [0.3, 0.4) is 0 Å². The van der Waals surface area contributed by atoms with Gasteiger partial charge < -0.3 is 16.6 Å². The zero-order chi connectivity index (χ0) is 16.2. The summed E-state index contributed by atoms with van der Waals surface area (Å²) in [6.07, 6.45) is 0.383. The first kappa shape index (κ1) is 17.3. The van der Waals surface area contributed by atoms with Gasteiger partial charge in [-0.3, -0.25) is 19.5 Å². The van der Waals surface area contributed by atoms with E-state index in [-0.39, 0.29) is 31.9 Å². The fraction of sp³-hybridized carbons (Fsp3) is 0.700. The number of carbonyl (C=O) groups excluding carboxylic acids is 1. The molecule has 1 aliphatic heterocycles. The SMILES string of the molecule is NC(=NCCCC(N)C(=O)O)N1CC(S(N)(=O)=O)CC1=O. The highest BCUT2D eigenvalue weighted by atomic mass is 32.2. The number of aliphatic carboxylic acids is 1. The molecule has 0 radical (unpaired) electrons. The van der Waals surface area contributed by atoms with E-state index < -0.39 is 33.2 Å². The van der Waals surface area contributed by atoms with Gasteiger partial charge in [-0.05, 0) is 12.8 Å². The first-order valence-corrected chi connectivity index (χ1v) is 7.84. The van der Waals surface area contributed by atoms with Crippen molar-refractivity contribution in [3.05, 3.63) is 0 Å². The highest BCUT2D eigenvalue weighted by Gasteiger charge is 2.37. The molecule has 1 heterocycles. The highest BCUT2D eigenvalue weighted by molar-refractivity contribution is 7.89. The van der Waals surface area contributed by atoms with E-state index in [0.717, 1.165) is 4.90 Å². The molecule has 0 aromatic carbocycles. The van der Waals surface area contributed by atoms with Crippen LogP contribution in [0.4, 0.5) is 0 Å². The minimum Gasteiger partial charge on any atom is -0.480 e. The van der Waals surface area contributed by atoms with E-state index in [1.54, 1.807) is 0 Å². The Morgan fingerprint density at radius 3 is 2.62 bits per heavy atom. The molecule has 7 N–H and O–H groups in total. The zero-order valence-corrected chi connectivity index (χ0v) is 12.1. The van der Waals surface area contributed by atoms with Crippen LogP contribution in [0.15, 0.2) is 4.99 Å². The van der Waals surface area contributed by atoms with Crippen molar-refractivity contribution in [1.82, 2.24) is 4.90 Å². The molecular formula is C10H19N5O5S. The van der Waals surface area contributed by atoms with E-state index in [4.69, 9.17) is 21.7 Å². The van der Waals surface area contributed by atoms with Gasteiger partial charge in [0.05, 0.1) is 0 Å². The maximum Gasteiger partial charge on any atom is 0.320 e. The number of nitrogens with zero attached hydrogens (tertiary/aromatic N) is 2. The summed E-state index contributed by atoms with van der Waals surface area (Å²) in [6, 6.07) is -0.971. The van der Waals surface area contributed by atoms with Crippen LogP contribution in [0.5, 0.6) is 0 Å². The monoisotopic (exact) mass is 321 g/mol. The Hall–Kier alpha value is -1.72. The lowest BCUT2D eigenvalue weighted by molar-refractivity contribution is -0.138. The standard InChI is InChI=1S/C10H19N5O5S/c11-7(9(17)18)2-1-3-14-10(12)15-5-6(4-8(15)16)21(13,19)20/h6-7H,1-5,11H2,(H2,12,14)(H,17,18)(H2,13,19,20). The molecule has 0 saturated carbocycles. The number of aliphatic imine (C=N–C) groups is 1. The molecule has 120 valence electrons. The Labute approximate surface area is 122 Å². The number of hydrogen-bond donors (Lipinski definition) is 4. The molecule has 2 unspecified atom stereocenters.